The Kier molecular flexibility index (Phi) is 4.96. The lowest BCUT2D eigenvalue weighted by Gasteiger charge is -2.53. The molecule has 4 aliphatic carbocycles. The summed E-state index contributed by atoms with van der Waals surface area (Å²) in [5.41, 5.74) is 0.856. The summed E-state index contributed by atoms with van der Waals surface area (Å²) >= 11 is 6.16. The van der Waals surface area contributed by atoms with Crippen molar-refractivity contribution < 1.29 is 14.3 Å². The molecular weight excluding hydrogens is 350 g/mol. The summed E-state index contributed by atoms with van der Waals surface area (Å²) in [5, 5.41) is 3.48. The number of hydrogen-bond donors (Lipinski definition) is 1. The van der Waals surface area contributed by atoms with Gasteiger partial charge in [0.25, 0.3) is 5.91 Å². The first-order chi connectivity index (χ1) is 12.5. The zero-order chi connectivity index (χ0) is 18.3. The van der Waals surface area contributed by atoms with Crippen molar-refractivity contribution >= 4 is 23.5 Å². The van der Waals surface area contributed by atoms with E-state index >= 15 is 0 Å². The quantitative estimate of drug-likeness (QED) is 0.787. The van der Waals surface area contributed by atoms with Crippen molar-refractivity contribution in [3.63, 3.8) is 0 Å². The first kappa shape index (κ1) is 17.8. The number of rotatable bonds is 5. The average molecular weight is 376 g/mol. The second-order valence-corrected chi connectivity index (χ2v) is 8.78. The summed E-state index contributed by atoms with van der Waals surface area (Å²) in [6, 6.07) is 7.19. The zero-order valence-corrected chi connectivity index (χ0v) is 15.9. The Morgan fingerprint density at radius 3 is 2.35 bits per heavy atom. The third-order valence-corrected chi connectivity index (χ3v) is 6.94. The molecule has 4 nitrogen and oxygen atoms in total. The first-order valence-electron chi connectivity index (χ1n) is 9.71. The lowest BCUT2D eigenvalue weighted by molar-refractivity contribution is -0.164. The second kappa shape index (κ2) is 7.22. The Hall–Kier alpha value is -1.55. The highest BCUT2D eigenvalue weighted by molar-refractivity contribution is 6.31. The van der Waals surface area contributed by atoms with Crippen molar-refractivity contribution in [2.45, 2.75) is 45.1 Å². The van der Waals surface area contributed by atoms with Gasteiger partial charge in [0, 0.05) is 5.02 Å². The smallest absolute Gasteiger partial charge is 0.310 e. The zero-order valence-electron chi connectivity index (χ0n) is 15.1. The van der Waals surface area contributed by atoms with Crippen molar-refractivity contribution in [1.29, 1.82) is 0 Å². The van der Waals surface area contributed by atoms with E-state index in [4.69, 9.17) is 16.3 Å². The molecule has 4 fully saturated rings. The molecule has 0 aliphatic heterocycles. The number of ether oxygens (including phenoxy) is 1. The van der Waals surface area contributed by atoms with Crippen LogP contribution in [0.25, 0.3) is 0 Å². The number of esters is 1. The molecule has 0 saturated heterocycles. The standard InChI is InChI=1S/C21H26ClNO3/c1-12(17-4-2-3-5-18(17)22)23-19(24)11-26-21(25)20-15-7-13-6-14(9-15)10-16(20)8-13/h2-5,12-16,20H,6-11H2,1H3,(H,23,24)/t12-,13?,14?,15?,16?,20?/m1/s1. The number of amides is 1. The molecule has 1 amide bonds. The molecule has 0 radical (unpaired) electrons. The molecule has 5 heteroatoms. The van der Waals surface area contributed by atoms with Gasteiger partial charge in [0.1, 0.15) is 0 Å². The fourth-order valence-corrected chi connectivity index (χ4v) is 6.03. The lowest BCUT2D eigenvalue weighted by Crippen LogP contribution is -2.48. The van der Waals surface area contributed by atoms with Gasteiger partial charge >= 0.3 is 5.97 Å². The Morgan fingerprint density at radius 2 is 1.73 bits per heavy atom. The largest absolute Gasteiger partial charge is 0.455 e. The highest BCUT2D eigenvalue weighted by Crippen LogP contribution is 2.56. The molecule has 26 heavy (non-hydrogen) atoms. The van der Waals surface area contributed by atoms with Crippen LogP contribution in [0.1, 0.15) is 50.6 Å². The van der Waals surface area contributed by atoms with Crippen LogP contribution in [-0.2, 0) is 14.3 Å². The van der Waals surface area contributed by atoms with Gasteiger partial charge in [-0.1, -0.05) is 29.8 Å². The van der Waals surface area contributed by atoms with E-state index in [2.05, 4.69) is 5.32 Å². The number of benzene rings is 1. The summed E-state index contributed by atoms with van der Waals surface area (Å²) < 4.78 is 5.41. The molecule has 5 rings (SSSR count). The van der Waals surface area contributed by atoms with Crippen LogP contribution in [-0.4, -0.2) is 18.5 Å². The summed E-state index contributed by atoms with van der Waals surface area (Å²) in [7, 11) is 0. The van der Waals surface area contributed by atoms with Crippen LogP contribution in [0.15, 0.2) is 24.3 Å². The number of halogens is 1. The molecule has 4 bridgehead atoms. The van der Waals surface area contributed by atoms with Crippen molar-refractivity contribution in [3.8, 4) is 0 Å². The Morgan fingerprint density at radius 1 is 1.12 bits per heavy atom. The van der Waals surface area contributed by atoms with E-state index in [0.717, 1.165) is 17.4 Å². The van der Waals surface area contributed by atoms with Crippen molar-refractivity contribution in [3.05, 3.63) is 34.9 Å². The predicted molar refractivity (Wildman–Crippen MR) is 99.5 cm³/mol. The monoisotopic (exact) mass is 375 g/mol. The minimum Gasteiger partial charge on any atom is -0.455 e. The molecule has 4 saturated carbocycles. The average Bonchev–Trinajstić information content (AvgIpc) is 2.59. The minimum absolute atomic E-state index is 0.0107. The van der Waals surface area contributed by atoms with E-state index in [1.54, 1.807) is 6.07 Å². The summed E-state index contributed by atoms with van der Waals surface area (Å²) in [4.78, 5) is 24.8. The fourth-order valence-electron chi connectivity index (χ4n) is 5.73. The van der Waals surface area contributed by atoms with Gasteiger partial charge in [0.2, 0.25) is 0 Å². The SMILES string of the molecule is C[C@@H](NC(=O)COC(=O)C1C2CC3CC(C2)CC1C3)c1ccccc1Cl. The molecule has 1 aromatic rings. The highest BCUT2D eigenvalue weighted by Gasteiger charge is 2.51. The van der Waals surface area contributed by atoms with Crippen LogP contribution in [0.2, 0.25) is 5.02 Å². The fraction of sp³-hybridized carbons (Fsp3) is 0.619. The normalized spacial score (nSPS) is 32.9. The van der Waals surface area contributed by atoms with Crippen LogP contribution < -0.4 is 5.32 Å². The van der Waals surface area contributed by atoms with Gasteiger partial charge in [0.15, 0.2) is 6.61 Å². The molecule has 140 valence electrons. The third kappa shape index (κ3) is 3.48. The minimum atomic E-state index is -0.283. The maximum atomic E-state index is 12.6. The topological polar surface area (TPSA) is 55.4 Å². The summed E-state index contributed by atoms with van der Waals surface area (Å²) in [6.07, 6.45) is 6.03. The molecule has 0 unspecified atom stereocenters. The predicted octanol–water partition coefficient (Wildman–Crippen LogP) is 4.13. The summed E-state index contributed by atoms with van der Waals surface area (Å²) in [6.45, 7) is 1.66. The van der Waals surface area contributed by atoms with Gasteiger partial charge in [-0.05, 0) is 74.3 Å². The first-order valence-corrected chi connectivity index (χ1v) is 10.1. The van der Waals surface area contributed by atoms with Gasteiger partial charge in [0.05, 0.1) is 12.0 Å². The van der Waals surface area contributed by atoms with Gasteiger partial charge < -0.3 is 10.1 Å². The summed E-state index contributed by atoms with van der Waals surface area (Å²) in [5.74, 6) is 2.15. The number of carbonyl (C=O) groups is 2. The van der Waals surface area contributed by atoms with Gasteiger partial charge in [-0.2, -0.15) is 0 Å². The van der Waals surface area contributed by atoms with Crippen molar-refractivity contribution in [2.24, 2.45) is 29.6 Å². The van der Waals surface area contributed by atoms with Crippen LogP contribution in [0, 0.1) is 29.6 Å². The van der Waals surface area contributed by atoms with Crippen molar-refractivity contribution in [1.82, 2.24) is 5.32 Å². The van der Waals surface area contributed by atoms with Gasteiger partial charge in [-0.25, -0.2) is 0 Å². The Labute approximate surface area is 159 Å². The molecule has 0 spiro atoms. The van der Waals surface area contributed by atoms with E-state index in [1.165, 1.54) is 32.1 Å². The van der Waals surface area contributed by atoms with Crippen LogP contribution in [0.3, 0.4) is 0 Å². The molecule has 0 heterocycles. The molecule has 1 aromatic carbocycles. The van der Waals surface area contributed by atoms with Gasteiger partial charge in [-0.15, -0.1) is 0 Å². The highest BCUT2D eigenvalue weighted by atomic mass is 35.5. The second-order valence-electron chi connectivity index (χ2n) is 8.37. The van der Waals surface area contributed by atoms with E-state index in [-0.39, 0.29) is 30.4 Å². The van der Waals surface area contributed by atoms with Crippen LogP contribution in [0.5, 0.6) is 0 Å². The molecule has 4 aliphatic rings. The molecule has 1 atom stereocenters. The van der Waals surface area contributed by atoms with E-state index in [0.29, 0.717) is 16.9 Å². The van der Waals surface area contributed by atoms with Crippen LogP contribution in [0.4, 0.5) is 0 Å². The third-order valence-electron chi connectivity index (χ3n) is 6.59. The van der Waals surface area contributed by atoms with E-state index in [1.807, 2.05) is 25.1 Å². The van der Waals surface area contributed by atoms with Crippen LogP contribution >= 0.6 is 11.6 Å². The Balaban J connectivity index is 1.29. The van der Waals surface area contributed by atoms with E-state index < -0.39 is 0 Å². The van der Waals surface area contributed by atoms with Crippen molar-refractivity contribution in [2.75, 3.05) is 6.61 Å². The molecular formula is C21H26ClNO3. The number of nitrogens with one attached hydrogen (secondary N) is 1. The maximum absolute atomic E-state index is 12.6. The van der Waals surface area contributed by atoms with E-state index in [9.17, 15) is 9.59 Å². The lowest BCUT2D eigenvalue weighted by atomic mass is 9.52. The number of hydrogen-bond acceptors (Lipinski definition) is 3. The van der Waals surface area contributed by atoms with Gasteiger partial charge in [-0.3, -0.25) is 9.59 Å². The Bertz CT molecular complexity index is 676. The molecule has 1 N–H and O–H groups in total. The maximum Gasteiger partial charge on any atom is 0.310 e. The number of carbonyl (C=O) groups excluding carboxylic acids is 2. The molecule has 0 aromatic heterocycles.